The smallest absolute Gasteiger partial charge is 0.0715 e. The van der Waals surface area contributed by atoms with Crippen molar-refractivity contribution in [2.45, 2.75) is 5.41 Å². The number of hydrogen-bond acceptors (Lipinski definition) is 1. The SMILES string of the molecule is c1ccc(Nc2cccc(C3(c4ccc5c6ccccc6n(-c6ccccc6)c5c4)c4ccccc4-c4ccccc43)c2)cc1. The van der Waals surface area contributed by atoms with Crippen molar-refractivity contribution in [2.24, 2.45) is 0 Å². The largest absolute Gasteiger partial charge is 0.356 e. The van der Waals surface area contributed by atoms with E-state index in [-0.39, 0.29) is 0 Å². The molecule has 0 bridgehead atoms. The minimum atomic E-state index is -0.506. The summed E-state index contributed by atoms with van der Waals surface area (Å²) in [5.74, 6) is 0. The van der Waals surface area contributed by atoms with E-state index in [4.69, 9.17) is 0 Å². The zero-order valence-electron chi connectivity index (χ0n) is 24.7. The number of aromatic nitrogens is 1. The topological polar surface area (TPSA) is 17.0 Å². The lowest BCUT2D eigenvalue weighted by Crippen LogP contribution is -2.28. The van der Waals surface area contributed by atoms with Crippen LogP contribution >= 0.6 is 0 Å². The van der Waals surface area contributed by atoms with E-state index in [2.05, 4.69) is 180 Å². The Kier molecular flexibility index (Phi) is 5.76. The molecule has 1 aliphatic carbocycles. The molecule has 212 valence electrons. The molecule has 7 aromatic carbocycles. The Hall–Kier alpha value is -5.86. The quantitative estimate of drug-likeness (QED) is 0.216. The molecule has 1 heterocycles. The second-order valence-corrected chi connectivity index (χ2v) is 11.8. The maximum Gasteiger partial charge on any atom is 0.0715 e. The predicted octanol–water partition coefficient (Wildman–Crippen LogP) is 10.9. The summed E-state index contributed by atoms with van der Waals surface area (Å²) in [5.41, 5.74) is 12.9. The Labute approximate surface area is 262 Å². The van der Waals surface area contributed by atoms with Gasteiger partial charge in [0.25, 0.3) is 0 Å². The van der Waals surface area contributed by atoms with Gasteiger partial charge in [0.15, 0.2) is 0 Å². The molecule has 8 aromatic rings. The molecule has 0 atom stereocenters. The average molecular weight is 575 g/mol. The molecule has 9 rings (SSSR count). The molecule has 2 heteroatoms. The lowest BCUT2D eigenvalue weighted by atomic mass is 9.67. The highest BCUT2D eigenvalue weighted by Crippen LogP contribution is 2.56. The van der Waals surface area contributed by atoms with E-state index in [9.17, 15) is 0 Å². The van der Waals surface area contributed by atoms with Gasteiger partial charge >= 0.3 is 0 Å². The summed E-state index contributed by atoms with van der Waals surface area (Å²) < 4.78 is 2.42. The Morgan fingerprint density at radius 3 is 1.73 bits per heavy atom. The van der Waals surface area contributed by atoms with Crippen LogP contribution in [0.1, 0.15) is 22.3 Å². The van der Waals surface area contributed by atoms with E-state index in [1.54, 1.807) is 0 Å². The van der Waals surface area contributed by atoms with Gasteiger partial charge in [-0.05, 0) is 81.9 Å². The molecule has 0 spiro atoms. The van der Waals surface area contributed by atoms with Crippen LogP contribution < -0.4 is 5.32 Å². The first-order valence-electron chi connectivity index (χ1n) is 15.5. The molecule has 0 amide bonds. The van der Waals surface area contributed by atoms with E-state index in [1.165, 1.54) is 55.2 Å². The number of nitrogens with zero attached hydrogens (tertiary/aromatic N) is 1. The van der Waals surface area contributed by atoms with Gasteiger partial charge in [0.1, 0.15) is 0 Å². The lowest BCUT2D eigenvalue weighted by molar-refractivity contribution is 0.770. The minimum Gasteiger partial charge on any atom is -0.356 e. The third-order valence-electron chi connectivity index (χ3n) is 9.43. The number of para-hydroxylation sites is 3. The Morgan fingerprint density at radius 2 is 0.978 bits per heavy atom. The van der Waals surface area contributed by atoms with Gasteiger partial charge in [-0.25, -0.2) is 0 Å². The highest BCUT2D eigenvalue weighted by molar-refractivity contribution is 6.09. The fraction of sp³-hybridized carbons (Fsp3) is 0.0233. The number of hydrogen-bond donors (Lipinski definition) is 1. The molecule has 2 nitrogen and oxygen atoms in total. The molecule has 1 aromatic heterocycles. The van der Waals surface area contributed by atoms with Gasteiger partial charge in [-0.15, -0.1) is 0 Å². The summed E-state index contributed by atoms with van der Waals surface area (Å²) >= 11 is 0. The van der Waals surface area contributed by atoms with Crippen molar-refractivity contribution in [3.05, 3.63) is 198 Å². The highest BCUT2D eigenvalue weighted by atomic mass is 15.0. The first-order valence-corrected chi connectivity index (χ1v) is 15.5. The molecule has 0 radical (unpaired) electrons. The normalized spacial score (nSPS) is 13.1. The number of benzene rings is 7. The highest BCUT2D eigenvalue weighted by Gasteiger charge is 2.46. The number of nitrogens with one attached hydrogen (secondary N) is 1. The summed E-state index contributed by atoms with van der Waals surface area (Å²) in [7, 11) is 0. The molecule has 0 unspecified atom stereocenters. The summed E-state index contributed by atoms with van der Waals surface area (Å²) in [6.07, 6.45) is 0. The number of rotatable bonds is 5. The molecule has 45 heavy (non-hydrogen) atoms. The van der Waals surface area contributed by atoms with Crippen LogP contribution in [0, 0.1) is 0 Å². The zero-order chi connectivity index (χ0) is 29.8. The molecular weight excluding hydrogens is 544 g/mol. The second-order valence-electron chi connectivity index (χ2n) is 11.8. The average Bonchev–Trinajstić information content (AvgIpc) is 3.60. The van der Waals surface area contributed by atoms with Crippen molar-refractivity contribution in [3.63, 3.8) is 0 Å². The van der Waals surface area contributed by atoms with E-state index < -0.39 is 5.41 Å². The summed E-state index contributed by atoms with van der Waals surface area (Å²) in [5, 5.41) is 6.18. The molecule has 1 N–H and O–H groups in total. The fourth-order valence-electron chi connectivity index (χ4n) is 7.60. The van der Waals surface area contributed by atoms with Gasteiger partial charge < -0.3 is 9.88 Å². The Morgan fingerprint density at radius 1 is 0.400 bits per heavy atom. The van der Waals surface area contributed by atoms with Crippen LogP contribution in [0.5, 0.6) is 0 Å². The van der Waals surface area contributed by atoms with Crippen LogP contribution in [-0.2, 0) is 5.41 Å². The van der Waals surface area contributed by atoms with Crippen LogP contribution in [0.25, 0.3) is 38.6 Å². The monoisotopic (exact) mass is 574 g/mol. The second kappa shape index (κ2) is 10.1. The molecular formula is C43H30N2. The molecule has 0 saturated carbocycles. The van der Waals surface area contributed by atoms with Crippen molar-refractivity contribution in [1.82, 2.24) is 4.57 Å². The number of fused-ring (bicyclic) bond motifs is 6. The van der Waals surface area contributed by atoms with Gasteiger partial charge in [0.2, 0.25) is 0 Å². The third kappa shape index (κ3) is 3.82. The summed E-state index contributed by atoms with van der Waals surface area (Å²) in [6, 6.07) is 63.9. The van der Waals surface area contributed by atoms with Gasteiger partial charge in [-0.3, -0.25) is 0 Å². The van der Waals surface area contributed by atoms with Crippen LogP contribution in [0.3, 0.4) is 0 Å². The zero-order valence-corrected chi connectivity index (χ0v) is 24.7. The van der Waals surface area contributed by atoms with Crippen molar-refractivity contribution in [2.75, 3.05) is 5.32 Å². The van der Waals surface area contributed by atoms with Crippen molar-refractivity contribution < 1.29 is 0 Å². The van der Waals surface area contributed by atoms with Gasteiger partial charge in [0.05, 0.1) is 16.4 Å². The van der Waals surface area contributed by atoms with Gasteiger partial charge in [-0.2, -0.15) is 0 Å². The van der Waals surface area contributed by atoms with Crippen LogP contribution in [0.15, 0.2) is 176 Å². The van der Waals surface area contributed by atoms with Crippen LogP contribution in [0.4, 0.5) is 11.4 Å². The van der Waals surface area contributed by atoms with E-state index in [0.717, 1.165) is 17.1 Å². The van der Waals surface area contributed by atoms with E-state index >= 15 is 0 Å². The summed E-state index contributed by atoms with van der Waals surface area (Å²) in [4.78, 5) is 0. The molecule has 0 saturated heterocycles. The minimum absolute atomic E-state index is 0.506. The maximum atomic E-state index is 3.66. The third-order valence-corrected chi connectivity index (χ3v) is 9.43. The van der Waals surface area contributed by atoms with Crippen LogP contribution in [-0.4, -0.2) is 4.57 Å². The van der Waals surface area contributed by atoms with Crippen molar-refractivity contribution in [3.8, 4) is 16.8 Å². The van der Waals surface area contributed by atoms with Crippen molar-refractivity contribution in [1.29, 1.82) is 0 Å². The number of anilines is 2. The van der Waals surface area contributed by atoms with Crippen molar-refractivity contribution >= 4 is 33.2 Å². The Bertz CT molecular complexity index is 2300. The van der Waals surface area contributed by atoms with E-state index in [1.807, 2.05) is 6.07 Å². The maximum absolute atomic E-state index is 3.66. The fourth-order valence-corrected chi connectivity index (χ4v) is 7.60. The van der Waals surface area contributed by atoms with Gasteiger partial charge in [-0.1, -0.05) is 127 Å². The predicted molar refractivity (Wildman–Crippen MR) is 188 cm³/mol. The first kappa shape index (κ1) is 25.6. The van der Waals surface area contributed by atoms with Gasteiger partial charge in [0, 0.05) is 27.8 Å². The Balaban J connectivity index is 1.37. The van der Waals surface area contributed by atoms with E-state index in [0.29, 0.717) is 0 Å². The first-order chi connectivity index (χ1) is 22.3. The molecule has 0 fully saturated rings. The van der Waals surface area contributed by atoms with Crippen LogP contribution in [0.2, 0.25) is 0 Å². The standard InChI is InChI=1S/C43H30N2/c1-3-15-32(16-4-1)44-33-17-13-14-30(28-33)43(39-23-10-7-20-35(39)36-21-8-11-24-40(36)43)31-26-27-38-37-22-9-12-25-41(37)45(42(38)29-31)34-18-5-2-6-19-34/h1-29,44H. The summed E-state index contributed by atoms with van der Waals surface area (Å²) in [6.45, 7) is 0. The molecule has 1 aliphatic rings. The lowest BCUT2D eigenvalue weighted by Gasteiger charge is -2.34. The molecule has 0 aliphatic heterocycles.